The Bertz CT molecular complexity index is 949. The highest BCUT2D eigenvalue weighted by Crippen LogP contribution is 2.20. The van der Waals surface area contributed by atoms with Crippen LogP contribution in [0.4, 0.5) is 0 Å². The maximum absolute atomic E-state index is 12.5. The Hall–Kier alpha value is -3.41. The molecule has 29 heavy (non-hydrogen) atoms. The number of carbonyl (C=O) groups is 2. The Morgan fingerprint density at radius 3 is 2.45 bits per heavy atom. The van der Waals surface area contributed by atoms with Crippen molar-refractivity contribution in [3.05, 3.63) is 83.9 Å². The molecular formula is C23H25N3O3. The molecule has 0 radical (unpaired) electrons. The molecular weight excluding hydrogens is 366 g/mol. The third-order valence-electron chi connectivity index (χ3n) is 4.63. The van der Waals surface area contributed by atoms with Gasteiger partial charge < -0.3 is 14.6 Å². The van der Waals surface area contributed by atoms with Gasteiger partial charge in [0, 0.05) is 31.4 Å². The molecule has 1 aromatic heterocycles. The van der Waals surface area contributed by atoms with Crippen molar-refractivity contribution >= 4 is 11.7 Å². The van der Waals surface area contributed by atoms with Crippen molar-refractivity contribution in [1.29, 1.82) is 0 Å². The highest BCUT2D eigenvalue weighted by molar-refractivity contribution is 5.94. The van der Waals surface area contributed by atoms with Crippen molar-refractivity contribution < 1.29 is 14.3 Å². The molecule has 1 amide bonds. The van der Waals surface area contributed by atoms with Gasteiger partial charge in [0.1, 0.15) is 17.6 Å². The summed E-state index contributed by atoms with van der Waals surface area (Å²) in [6, 6.07) is 16.5. The fourth-order valence-corrected chi connectivity index (χ4v) is 3.04. The molecule has 6 heteroatoms. The number of hydrogen-bond acceptors (Lipinski definition) is 4. The first-order valence-electron chi connectivity index (χ1n) is 9.60. The van der Waals surface area contributed by atoms with Gasteiger partial charge in [0.05, 0.1) is 6.61 Å². The molecule has 150 valence electrons. The molecule has 0 saturated carbocycles. The first kappa shape index (κ1) is 20.3. The molecule has 0 saturated heterocycles. The van der Waals surface area contributed by atoms with Crippen LogP contribution in [0.2, 0.25) is 0 Å². The number of Topliss-reactive ketones (excluding diaryl/α,β-unsaturated/α-hetero) is 1. The maximum atomic E-state index is 12.5. The average Bonchev–Trinajstić information content (AvgIpc) is 3.16. The van der Waals surface area contributed by atoms with Gasteiger partial charge in [0.25, 0.3) is 0 Å². The van der Waals surface area contributed by atoms with Crippen LogP contribution in [0.1, 0.15) is 47.6 Å². The highest BCUT2D eigenvalue weighted by Gasteiger charge is 2.20. The number of aryl methyl sites for hydroxylation is 1. The van der Waals surface area contributed by atoms with E-state index in [1.165, 1.54) is 6.92 Å². The zero-order valence-corrected chi connectivity index (χ0v) is 16.7. The molecule has 1 atom stereocenters. The highest BCUT2D eigenvalue weighted by atomic mass is 16.5. The van der Waals surface area contributed by atoms with Crippen molar-refractivity contribution in [1.82, 2.24) is 14.9 Å². The summed E-state index contributed by atoms with van der Waals surface area (Å²) in [5.74, 6) is 1.43. The van der Waals surface area contributed by atoms with E-state index in [2.05, 4.69) is 10.3 Å². The minimum absolute atomic E-state index is 0.0221. The second-order valence-corrected chi connectivity index (χ2v) is 6.84. The Balaban J connectivity index is 1.53. The number of hydrogen-bond donors (Lipinski definition) is 1. The number of ether oxygens (including phenoxy) is 1. The van der Waals surface area contributed by atoms with Crippen LogP contribution in [0.25, 0.3) is 0 Å². The number of nitrogens with one attached hydrogen (secondary N) is 1. The Kier molecular flexibility index (Phi) is 6.79. The summed E-state index contributed by atoms with van der Waals surface area (Å²) in [5, 5.41) is 3.08. The molecule has 0 fully saturated rings. The third kappa shape index (κ3) is 5.54. The molecule has 3 aromatic rings. The summed E-state index contributed by atoms with van der Waals surface area (Å²) < 4.78 is 7.57. The van der Waals surface area contributed by atoms with Gasteiger partial charge in [-0.15, -0.1) is 0 Å². The van der Waals surface area contributed by atoms with Crippen molar-refractivity contribution in [2.45, 2.75) is 25.8 Å². The number of amides is 1. The lowest BCUT2D eigenvalue weighted by Crippen LogP contribution is -2.31. The zero-order chi connectivity index (χ0) is 20.6. The van der Waals surface area contributed by atoms with Crippen LogP contribution in [0.5, 0.6) is 5.75 Å². The molecule has 0 bridgehead atoms. The van der Waals surface area contributed by atoms with E-state index in [1.807, 2.05) is 48.1 Å². The number of nitrogens with zero attached hydrogens (tertiary/aromatic N) is 2. The van der Waals surface area contributed by atoms with E-state index in [-0.39, 0.29) is 17.7 Å². The van der Waals surface area contributed by atoms with E-state index in [1.54, 1.807) is 30.5 Å². The van der Waals surface area contributed by atoms with E-state index < -0.39 is 0 Å². The Morgan fingerprint density at radius 1 is 1.10 bits per heavy atom. The van der Waals surface area contributed by atoms with Gasteiger partial charge in [-0.05, 0) is 43.2 Å². The number of rotatable bonds is 9. The van der Waals surface area contributed by atoms with E-state index in [0.29, 0.717) is 30.8 Å². The van der Waals surface area contributed by atoms with Gasteiger partial charge in [-0.2, -0.15) is 0 Å². The largest absolute Gasteiger partial charge is 0.494 e. The quantitative estimate of drug-likeness (QED) is 0.446. The summed E-state index contributed by atoms with van der Waals surface area (Å²) in [6.45, 7) is 1.95. The van der Waals surface area contributed by atoms with Crippen LogP contribution < -0.4 is 10.1 Å². The fourth-order valence-electron chi connectivity index (χ4n) is 3.04. The lowest BCUT2D eigenvalue weighted by atomic mass is 10.1. The van der Waals surface area contributed by atoms with Gasteiger partial charge >= 0.3 is 0 Å². The molecule has 0 unspecified atom stereocenters. The summed E-state index contributed by atoms with van der Waals surface area (Å²) in [6.07, 6.45) is 4.52. The average molecular weight is 391 g/mol. The van der Waals surface area contributed by atoms with Gasteiger partial charge in [0.2, 0.25) is 5.91 Å². The standard InChI is InChI=1S/C23H25N3O3/c1-17(27)18-10-12-20(13-11-18)29-16-6-9-21(28)25-22(19-7-4-3-5-8-19)23-24-14-15-26(23)2/h3-5,7-8,10-15,22H,6,9,16H2,1-2H3,(H,25,28)/t22-/m0/s1. The molecule has 1 heterocycles. The summed E-state index contributed by atoms with van der Waals surface area (Å²) >= 11 is 0. The van der Waals surface area contributed by atoms with E-state index in [9.17, 15) is 9.59 Å². The second kappa shape index (κ2) is 9.68. The lowest BCUT2D eigenvalue weighted by Gasteiger charge is -2.19. The first-order chi connectivity index (χ1) is 14.0. The zero-order valence-electron chi connectivity index (χ0n) is 16.7. The SMILES string of the molecule is CC(=O)c1ccc(OCCCC(=O)N[C@@H](c2ccccc2)c2nccn2C)cc1. The molecule has 0 aliphatic heterocycles. The van der Waals surface area contributed by atoms with E-state index in [4.69, 9.17) is 4.74 Å². The second-order valence-electron chi connectivity index (χ2n) is 6.84. The van der Waals surface area contributed by atoms with Crippen molar-refractivity contribution in [2.75, 3.05) is 6.61 Å². The number of benzene rings is 2. The van der Waals surface area contributed by atoms with Crippen molar-refractivity contribution in [3.8, 4) is 5.75 Å². The van der Waals surface area contributed by atoms with Gasteiger partial charge in [0.15, 0.2) is 5.78 Å². The first-order valence-corrected chi connectivity index (χ1v) is 9.60. The molecule has 0 aliphatic carbocycles. The summed E-state index contributed by atoms with van der Waals surface area (Å²) in [5.41, 5.74) is 1.63. The van der Waals surface area contributed by atoms with Gasteiger partial charge in [-0.25, -0.2) is 4.98 Å². The predicted molar refractivity (Wildman–Crippen MR) is 111 cm³/mol. The fraction of sp³-hybridized carbons (Fsp3) is 0.261. The van der Waals surface area contributed by atoms with E-state index in [0.717, 1.165) is 11.4 Å². The number of ketones is 1. The normalized spacial score (nSPS) is 11.7. The smallest absolute Gasteiger partial charge is 0.220 e. The van der Waals surface area contributed by atoms with Crippen molar-refractivity contribution in [3.63, 3.8) is 0 Å². The minimum Gasteiger partial charge on any atom is -0.494 e. The molecule has 1 N–H and O–H groups in total. The molecule has 2 aromatic carbocycles. The summed E-state index contributed by atoms with van der Waals surface area (Å²) in [7, 11) is 1.91. The maximum Gasteiger partial charge on any atom is 0.220 e. The minimum atomic E-state index is -0.302. The van der Waals surface area contributed by atoms with Crippen LogP contribution in [0.3, 0.4) is 0 Å². The number of aromatic nitrogens is 2. The monoisotopic (exact) mass is 391 g/mol. The molecule has 0 aliphatic rings. The van der Waals surface area contributed by atoms with Gasteiger partial charge in [-0.1, -0.05) is 30.3 Å². The van der Waals surface area contributed by atoms with Crippen LogP contribution >= 0.6 is 0 Å². The van der Waals surface area contributed by atoms with Crippen LogP contribution in [-0.2, 0) is 11.8 Å². The predicted octanol–water partition coefficient (Wildman–Crippen LogP) is 3.69. The Morgan fingerprint density at radius 2 is 1.83 bits per heavy atom. The Labute approximate surface area is 170 Å². The van der Waals surface area contributed by atoms with Crippen molar-refractivity contribution in [2.24, 2.45) is 7.05 Å². The van der Waals surface area contributed by atoms with Crippen LogP contribution in [0, 0.1) is 0 Å². The van der Waals surface area contributed by atoms with Gasteiger partial charge in [-0.3, -0.25) is 9.59 Å². The molecule has 3 rings (SSSR count). The third-order valence-corrected chi connectivity index (χ3v) is 4.63. The topological polar surface area (TPSA) is 73.2 Å². The number of imidazole rings is 1. The molecule has 6 nitrogen and oxygen atoms in total. The molecule has 0 spiro atoms. The number of carbonyl (C=O) groups excluding carboxylic acids is 2. The van der Waals surface area contributed by atoms with Crippen LogP contribution in [0.15, 0.2) is 67.0 Å². The van der Waals surface area contributed by atoms with E-state index >= 15 is 0 Å². The summed E-state index contributed by atoms with van der Waals surface area (Å²) in [4.78, 5) is 28.2. The lowest BCUT2D eigenvalue weighted by molar-refractivity contribution is -0.121. The van der Waals surface area contributed by atoms with Crippen LogP contribution in [-0.4, -0.2) is 27.8 Å².